The average Bonchev–Trinajstić information content (AvgIpc) is 3.60. The van der Waals surface area contributed by atoms with E-state index in [9.17, 15) is 0 Å². The van der Waals surface area contributed by atoms with Gasteiger partial charge < -0.3 is 4.90 Å². The predicted octanol–water partition coefficient (Wildman–Crippen LogP) is 14.8. The second-order valence-electron chi connectivity index (χ2n) is 13.3. The maximum absolute atomic E-state index is 2.46. The molecule has 244 valence electrons. The van der Waals surface area contributed by atoms with Crippen molar-refractivity contribution in [1.82, 2.24) is 0 Å². The lowest BCUT2D eigenvalue weighted by Gasteiger charge is -2.30. The van der Waals surface area contributed by atoms with Crippen LogP contribution in [0.5, 0.6) is 0 Å². The van der Waals surface area contributed by atoms with E-state index >= 15 is 0 Å². The molecule has 0 bridgehead atoms. The third-order valence-corrected chi connectivity index (χ3v) is 11.5. The summed E-state index contributed by atoms with van der Waals surface area (Å²) >= 11 is 1.88. The van der Waals surface area contributed by atoms with Gasteiger partial charge in [-0.15, -0.1) is 11.3 Å². The molecule has 0 aliphatic carbocycles. The summed E-state index contributed by atoms with van der Waals surface area (Å²) in [6.45, 7) is 0. The van der Waals surface area contributed by atoms with Gasteiger partial charge in [0.2, 0.25) is 0 Å². The lowest BCUT2D eigenvalue weighted by atomic mass is 9.96. The maximum atomic E-state index is 2.46. The number of benzene rings is 9. The van der Waals surface area contributed by atoms with Gasteiger partial charge in [0.25, 0.3) is 0 Å². The molecule has 2 heteroatoms. The molecule has 0 atom stereocenters. The van der Waals surface area contributed by atoms with Gasteiger partial charge in [-0.3, -0.25) is 0 Å². The summed E-state index contributed by atoms with van der Waals surface area (Å²) in [4.78, 5) is 2.46. The third-order valence-electron chi connectivity index (χ3n) is 10.3. The molecule has 0 aliphatic heterocycles. The van der Waals surface area contributed by atoms with E-state index in [-0.39, 0.29) is 0 Å². The first-order valence-electron chi connectivity index (χ1n) is 17.8. The lowest BCUT2D eigenvalue weighted by molar-refractivity contribution is 1.28. The number of rotatable bonds is 6. The summed E-state index contributed by atoms with van der Waals surface area (Å²) < 4.78 is 2.62. The van der Waals surface area contributed by atoms with Gasteiger partial charge in [0.1, 0.15) is 0 Å². The normalized spacial score (nSPS) is 11.5. The van der Waals surface area contributed by atoms with Crippen molar-refractivity contribution in [3.05, 3.63) is 200 Å². The van der Waals surface area contributed by atoms with Gasteiger partial charge in [-0.05, 0) is 74.6 Å². The monoisotopic (exact) mass is 679 g/mol. The molecular weight excluding hydrogens is 647 g/mol. The third kappa shape index (κ3) is 5.16. The topological polar surface area (TPSA) is 3.24 Å². The smallest absolute Gasteiger partial charge is 0.0540 e. The van der Waals surface area contributed by atoms with E-state index in [0.29, 0.717) is 0 Å². The van der Waals surface area contributed by atoms with Crippen LogP contribution in [0.25, 0.3) is 75.1 Å². The van der Waals surface area contributed by atoms with Crippen LogP contribution in [0.15, 0.2) is 200 Å². The van der Waals surface area contributed by atoms with E-state index < -0.39 is 0 Å². The minimum atomic E-state index is 1.10. The number of para-hydroxylation sites is 2. The fourth-order valence-electron chi connectivity index (χ4n) is 7.80. The fourth-order valence-corrected chi connectivity index (χ4v) is 9.03. The zero-order chi connectivity index (χ0) is 34.4. The number of anilines is 3. The molecule has 0 saturated heterocycles. The van der Waals surface area contributed by atoms with Crippen molar-refractivity contribution in [2.75, 3.05) is 4.90 Å². The lowest BCUT2D eigenvalue weighted by Crippen LogP contribution is -2.12. The summed E-state index contributed by atoms with van der Waals surface area (Å²) in [7, 11) is 0. The Labute approximate surface area is 307 Å². The van der Waals surface area contributed by atoms with Crippen molar-refractivity contribution in [2.45, 2.75) is 0 Å². The summed E-state index contributed by atoms with van der Waals surface area (Å²) in [6, 6.07) is 73.0. The van der Waals surface area contributed by atoms with Crippen LogP contribution in [0.3, 0.4) is 0 Å². The average molecular weight is 680 g/mol. The Kier molecular flexibility index (Phi) is 7.41. The molecule has 0 amide bonds. The first kappa shape index (κ1) is 30.4. The summed E-state index contributed by atoms with van der Waals surface area (Å²) in [6.07, 6.45) is 0. The van der Waals surface area contributed by atoms with Crippen LogP contribution in [-0.2, 0) is 0 Å². The molecule has 0 radical (unpaired) electrons. The van der Waals surface area contributed by atoms with Crippen LogP contribution >= 0.6 is 11.3 Å². The van der Waals surface area contributed by atoms with Crippen molar-refractivity contribution in [3.8, 4) is 33.4 Å². The highest BCUT2D eigenvalue weighted by Gasteiger charge is 2.22. The summed E-state index contributed by atoms with van der Waals surface area (Å²) in [5.74, 6) is 0. The minimum absolute atomic E-state index is 1.10. The number of thiophene rings is 1. The van der Waals surface area contributed by atoms with Crippen molar-refractivity contribution in [2.24, 2.45) is 0 Å². The molecule has 0 unspecified atom stereocenters. The van der Waals surface area contributed by atoms with E-state index in [0.717, 1.165) is 17.1 Å². The molecule has 0 N–H and O–H groups in total. The van der Waals surface area contributed by atoms with E-state index in [1.807, 2.05) is 11.3 Å². The molecule has 52 heavy (non-hydrogen) atoms. The van der Waals surface area contributed by atoms with Crippen LogP contribution in [0, 0.1) is 0 Å². The van der Waals surface area contributed by atoms with Gasteiger partial charge in [0.05, 0.1) is 11.4 Å². The molecule has 1 nitrogen and oxygen atoms in total. The number of hydrogen-bond acceptors (Lipinski definition) is 2. The Morgan fingerprint density at radius 1 is 0.327 bits per heavy atom. The van der Waals surface area contributed by atoms with E-state index in [1.54, 1.807) is 0 Å². The first-order chi connectivity index (χ1) is 25.8. The quantitative estimate of drug-likeness (QED) is 0.169. The predicted molar refractivity (Wildman–Crippen MR) is 225 cm³/mol. The highest BCUT2D eigenvalue weighted by Crippen LogP contribution is 2.48. The van der Waals surface area contributed by atoms with E-state index in [4.69, 9.17) is 0 Å². The van der Waals surface area contributed by atoms with Crippen LogP contribution in [0.2, 0.25) is 0 Å². The fraction of sp³-hybridized carbons (Fsp3) is 0. The molecule has 10 rings (SSSR count). The second-order valence-corrected chi connectivity index (χ2v) is 14.3. The van der Waals surface area contributed by atoms with Crippen LogP contribution in [-0.4, -0.2) is 0 Å². The summed E-state index contributed by atoms with van der Waals surface area (Å²) in [5, 5.41) is 7.60. The van der Waals surface area contributed by atoms with E-state index in [1.165, 1.54) is 75.1 Å². The first-order valence-corrected chi connectivity index (χ1v) is 18.6. The molecule has 0 saturated carbocycles. The Morgan fingerprint density at radius 2 is 0.885 bits per heavy atom. The largest absolute Gasteiger partial charge is 0.309 e. The number of nitrogens with zero attached hydrogens (tertiary/aromatic N) is 1. The Morgan fingerprint density at radius 3 is 1.73 bits per heavy atom. The van der Waals surface area contributed by atoms with Crippen molar-refractivity contribution in [3.63, 3.8) is 0 Å². The Bertz CT molecular complexity index is 2910. The van der Waals surface area contributed by atoms with Crippen LogP contribution in [0.1, 0.15) is 0 Å². The van der Waals surface area contributed by atoms with Crippen molar-refractivity contribution >= 4 is 70.1 Å². The number of hydrogen-bond donors (Lipinski definition) is 0. The second kappa shape index (κ2) is 12.7. The highest BCUT2D eigenvalue weighted by atomic mass is 32.1. The standard InChI is InChI=1S/C50H33NS/c1-2-15-37-33-38(28-27-34(37)13-1)42-18-5-8-24-47(42)51(39-31-29-36(30-32-39)41-21-11-16-35-14-3-4-17-40(35)41)48-25-9-6-19-43(48)45-22-12-23-46-44-20-7-10-26-49(44)52-50(45)46/h1-33H. The highest BCUT2D eigenvalue weighted by molar-refractivity contribution is 7.26. The maximum Gasteiger partial charge on any atom is 0.0540 e. The number of fused-ring (bicyclic) bond motifs is 5. The molecular formula is C50H33NS. The van der Waals surface area contributed by atoms with Crippen LogP contribution in [0.4, 0.5) is 17.1 Å². The molecule has 1 aromatic heterocycles. The SMILES string of the molecule is c1ccc(N(c2ccc(-c3cccc4ccccc34)cc2)c2ccccc2-c2cccc3c2sc2ccccc23)c(-c2ccc3ccccc3c2)c1. The van der Waals surface area contributed by atoms with Gasteiger partial charge in [0, 0.05) is 42.6 Å². The molecule has 9 aromatic carbocycles. The zero-order valence-electron chi connectivity index (χ0n) is 28.4. The molecule has 0 aliphatic rings. The van der Waals surface area contributed by atoms with Gasteiger partial charge in [-0.1, -0.05) is 164 Å². The van der Waals surface area contributed by atoms with Gasteiger partial charge in [0.15, 0.2) is 0 Å². The molecule has 0 fully saturated rings. The van der Waals surface area contributed by atoms with Gasteiger partial charge in [-0.25, -0.2) is 0 Å². The summed E-state index contributed by atoms with van der Waals surface area (Å²) in [5.41, 5.74) is 10.6. The molecule has 0 spiro atoms. The van der Waals surface area contributed by atoms with Gasteiger partial charge >= 0.3 is 0 Å². The Hall–Kier alpha value is -6.48. The molecule has 1 heterocycles. The van der Waals surface area contributed by atoms with Gasteiger partial charge in [-0.2, -0.15) is 0 Å². The Balaban J connectivity index is 1.20. The minimum Gasteiger partial charge on any atom is -0.309 e. The molecule has 10 aromatic rings. The zero-order valence-corrected chi connectivity index (χ0v) is 29.2. The van der Waals surface area contributed by atoms with Crippen LogP contribution < -0.4 is 4.90 Å². The van der Waals surface area contributed by atoms with Crippen molar-refractivity contribution in [1.29, 1.82) is 0 Å². The van der Waals surface area contributed by atoms with Crippen molar-refractivity contribution < 1.29 is 0 Å². The van der Waals surface area contributed by atoms with E-state index in [2.05, 4.69) is 205 Å².